The molecule has 2 aliphatic heterocycles. The zero-order chi connectivity index (χ0) is 13.5. The van der Waals surface area contributed by atoms with E-state index in [-0.39, 0.29) is 17.6 Å². The molecule has 5 nitrogen and oxygen atoms in total. The van der Waals surface area contributed by atoms with Gasteiger partial charge in [-0.25, -0.2) is 4.98 Å². The minimum atomic E-state index is -0.633. The minimum Gasteiger partial charge on any atom is -0.481 e. The highest BCUT2D eigenvalue weighted by molar-refractivity contribution is 5.23. The summed E-state index contributed by atoms with van der Waals surface area (Å²) in [5.74, 6) is 0.543. The topological polar surface area (TPSA) is 77.6 Å². The van der Waals surface area contributed by atoms with Gasteiger partial charge in [-0.15, -0.1) is 0 Å². The summed E-state index contributed by atoms with van der Waals surface area (Å²) in [7, 11) is 1.57. The Morgan fingerprint density at radius 1 is 1.58 bits per heavy atom. The van der Waals surface area contributed by atoms with Crippen LogP contribution in [0.5, 0.6) is 5.88 Å². The molecule has 3 N–H and O–H groups in total. The molecule has 4 unspecified atom stereocenters. The maximum Gasteiger partial charge on any atom is 0.212 e. The number of rotatable bonds is 4. The van der Waals surface area contributed by atoms with Gasteiger partial charge in [-0.2, -0.15) is 0 Å². The first-order valence-corrected chi connectivity index (χ1v) is 6.73. The van der Waals surface area contributed by atoms with Crippen molar-refractivity contribution in [1.29, 1.82) is 0 Å². The van der Waals surface area contributed by atoms with Crippen LogP contribution in [0.3, 0.4) is 0 Å². The van der Waals surface area contributed by atoms with E-state index in [4.69, 9.17) is 15.2 Å². The summed E-state index contributed by atoms with van der Waals surface area (Å²) in [6, 6.07) is 3.61. The molecule has 3 heterocycles. The number of aromatic nitrogens is 1. The first-order valence-electron chi connectivity index (χ1n) is 6.73. The quantitative estimate of drug-likeness (QED) is 0.849. The van der Waals surface area contributed by atoms with Gasteiger partial charge in [0, 0.05) is 24.2 Å². The molecule has 2 bridgehead atoms. The number of hydrogen-bond acceptors (Lipinski definition) is 5. The van der Waals surface area contributed by atoms with E-state index in [0.29, 0.717) is 12.4 Å². The molecule has 2 saturated heterocycles. The monoisotopic (exact) mass is 264 g/mol. The van der Waals surface area contributed by atoms with Crippen molar-refractivity contribution >= 4 is 0 Å². The van der Waals surface area contributed by atoms with Gasteiger partial charge in [0.25, 0.3) is 0 Å². The van der Waals surface area contributed by atoms with Gasteiger partial charge in [0.05, 0.1) is 25.4 Å². The van der Waals surface area contributed by atoms with Crippen LogP contribution in [-0.2, 0) is 4.74 Å². The lowest BCUT2D eigenvalue weighted by molar-refractivity contribution is -0.0265. The van der Waals surface area contributed by atoms with Gasteiger partial charge >= 0.3 is 0 Å². The summed E-state index contributed by atoms with van der Waals surface area (Å²) in [6.07, 6.45) is 4.26. The zero-order valence-corrected chi connectivity index (χ0v) is 11.1. The van der Waals surface area contributed by atoms with Gasteiger partial charge < -0.3 is 20.3 Å². The number of nitrogens with zero attached hydrogens (tertiary/aromatic N) is 1. The molecule has 3 rings (SSSR count). The highest BCUT2D eigenvalue weighted by Crippen LogP contribution is 2.53. The van der Waals surface area contributed by atoms with Crippen LogP contribution in [0.1, 0.15) is 30.9 Å². The van der Waals surface area contributed by atoms with Gasteiger partial charge in [-0.05, 0) is 30.9 Å². The van der Waals surface area contributed by atoms with Crippen LogP contribution >= 0.6 is 0 Å². The molecule has 0 amide bonds. The molecular weight excluding hydrogens is 244 g/mol. The lowest BCUT2D eigenvalue weighted by Gasteiger charge is -2.38. The summed E-state index contributed by atoms with van der Waals surface area (Å²) in [4.78, 5) is 4.15. The Kier molecular flexibility index (Phi) is 3.20. The average Bonchev–Trinajstić information content (AvgIpc) is 3.07. The Morgan fingerprint density at radius 2 is 2.42 bits per heavy atom. The number of hydrogen-bond donors (Lipinski definition) is 2. The van der Waals surface area contributed by atoms with Gasteiger partial charge in [0.2, 0.25) is 5.88 Å². The van der Waals surface area contributed by atoms with Crippen molar-refractivity contribution in [2.75, 3.05) is 13.7 Å². The van der Waals surface area contributed by atoms with Crippen LogP contribution in [-0.4, -0.2) is 36.0 Å². The van der Waals surface area contributed by atoms with Gasteiger partial charge in [-0.3, -0.25) is 0 Å². The molecule has 0 spiro atoms. The number of methoxy groups -OCH3 is 1. The largest absolute Gasteiger partial charge is 0.481 e. The molecule has 19 heavy (non-hydrogen) atoms. The number of fused-ring (bicyclic) bond motifs is 2. The third kappa shape index (κ3) is 1.93. The fraction of sp³-hybridized carbons (Fsp3) is 0.643. The van der Waals surface area contributed by atoms with Crippen LogP contribution in [0, 0.1) is 5.41 Å². The van der Waals surface area contributed by atoms with E-state index in [1.165, 1.54) is 0 Å². The molecule has 5 heteroatoms. The van der Waals surface area contributed by atoms with E-state index < -0.39 is 6.10 Å². The number of nitrogens with two attached hydrogens (primary N) is 1. The standard InChI is InChI=1S/C14H20N2O3/c1-18-12-5-2-9(7-16-12)13(17)14(8-15)6-10-3-4-11(14)19-10/h2,5,7,10-11,13,17H,3-4,6,8,15H2,1H3. The molecule has 0 aromatic carbocycles. The van der Waals surface area contributed by atoms with E-state index in [1.807, 2.05) is 6.07 Å². The molecule has 0 radical (unpaired) electrons. The summed E-state index contributed by atoms with van der Waals surface area (Å²) in [6.45, 7) is 0.432. The predicted molar refractivity (Wildman–Crippen MR) is 69.7 cm³/mol. The highest BCUT2D eigenvalue weighted by Gasteiger charge is 2.55. The number of ether oxygens (including phenoxy) is 2. The maximum absolute atomic E-state index is 10.7. The van der Waals surface area contributed by atoms with Crippen molar-refractivity contribution < 1.29 is 14.6 Å². The normalized spacial score (nSPS) is 34.5. The molecular formula is C14H20N2O3. The highest BCUT2D eigenvalue weighted by atomic mass is 16.5. The molecule has 104 valence electrons. The van der Waals surface area contributed by atoms with Crippen LogP contribution in [0.25, 0.3) is 0 Å². The summed E-state index contributed by atoms with van der Waals surface area (Å²) in [5, 5.41) is 10.7. The van der Waals surface area contributed by atoms with Crippen LogP contribution in [0.4, 0.5) is 0 Å². The van der Waals surface area contributed by atoms with E-state index >= 15 is 0 Å². The van der Waals surface area contributed by atoms with Crippen molar-refractivity contribution in [2.45, 2.75) is 37.6 Å². The first-order chi connectivity index (χ1) is 9.19. The molecule has 4 atom stereocenters. The zero-order valence-electron chi connectivity index (χ0n) is 11.1. The Hall–Kier alpha value is -1.17. The van der Waals surface area contributed by atoms with E-state index in [0.717, 1.165) is 24.8 Å². The SMILES string of the molecule is COc1ccc(C(O)C2(CN)CC3CCC2O3)cn1. The van der Waals surface area contributed by atoms with Crippen molar-refractivity contribution in [3.05, 3.63) is 23.9 Å². The van der Waals surface area contributed by atoms with Gasteiger partial charge in [0.1, 0.15) is 0 Å². The summed E-state index contributed by atoms with van der Waals surface area (Å²) >= 11 is 0. The van der Waals surface area contributed by atoms with Crippen LogP contribution in [0.15, 0.2) is 18.3 Å². The third-order valence-corrected chi connectivity index (χ3v) is 4.57. The Labute approximate surface area is 112 Å². The fourth-order valence-corrected chi connectivity index (χ4v) is 3.45. The number of aliphatic hydroxyl groups is 1. The van der Waals surface area contributed by atoms with Crippen LogP contribution in [0.2, 0.25) is 0 Å². The Bertz CT molecular complexity index is 451. The van der Waals surface area contributed by atoms with Crippen molar-refractivity contribution in [3.63, 3.8) is 0 Å². The molecule has 1 aromatic heterocycles. The smallest absolute Gasteiger partial charge is 0.212 e. The molecule has 0 saturated carbocycles. The van der Waals surface area contributed by atoms with E-state index in [2.05, 4.69) is 4.98 Å². The van der Waals surface area contributed by atoms with E-state index in [9.17, 15) is 5.11 Å². The summed E-state index contributed by atoms with van der Waals surface area (Å²) in [5.41, 5.74) is 6.38. The van der Waals surface area contributed by atoms with Gasteiger partial charge in [0.15, 0.2) is 0 Å². The number of aliphatic hydroxyl groups excluding tert-OH is 1. The fourth-order valence-electron chi connectivity index (χ4n) is 3.45. The Morgan fingerprint density at radius 3 is 2.89 bits per heavy atom. The average molecular weight is 264 g/mol. The lowest BCUT2D eigenvalue weighted by atomic mass is 9.68. The lowest BCUT2D eigenvalue weighted by Crippen LogP contribution is -2.44. The summed E-state index contributed by atoms with van der Waals surface area (Å²) < 4.78 is 10.9. The van der Waals surface area contributed by atoms with E-state index in [1.54, 1.807) is 19.4 Å². The third-order valence-electron chi connectivity index (χ3n) is 4.57. The second kappa shape index (κ2) is 4.74. The van der Waals surface area contributed by atoms with Crippen LogP contribution < -0.4 is 10.5 Å². The van der Waals surface area contributed by atoms with Crippen molar-refractivity contribution in [1.82, 2.24) is 4.98 Å². The molecule has 1 aromatic rings. The predicted octanol–water partition coefficient (Wildman–Crippen LogP) is 1.02. The maximum atomic E-state index is 10.7. The van der Waals surface area contributed by atoms with Crippen molar-refractivity contribution in [3.8, 4) is 5.88 Å². The Balaban J connectivity index is 1.86. The molecule has 0 aliphatic carbocycles. The van der Waals surface area contributed by atoms with Gasteiger partial charge in [-0.1, -0.05) is 0 Å². The number of pyridine rings is 1. The second-order valence-corrected chi connectivity index (χ2v) is 5.50. The first kappa shape index (κ1) is 12.8. The second-order valence-electron chi connectivity index (χ2n) is 5.50. The minimum absolute atomic E-state index is 0.0691. The molecule has 2 aliphatic rings. The van der Waals surface area contributed by atoms with Crippen molar-refractivity contribution in [2.24, 2.45) is 11.1 Å². The molecule has 2 fully saturated rings.